The highest BCUT2D eigenvalue weighted by atomic mass is 19.1. The summed E-state index contributed by atoms with van der Waals surface area (Å²) in [6.45, 7) is 4.70. The lowest BCUT2D eigenvalue weighted by Crippen LogP contribution is -2.29. The van der Waals surface area contributed by atoms with Crippen molar-refractivity contribution in [3.63, 3.8) is 0 Å². The SMILES string of the molecule is CC(C)C1C=CC(c2nc3ccc(C(=O)NC4COc5cc(F)ccc54)cc3nc2CCCCC(=O)O)=CCC1. The summed E-state index contributed by atoms with van der Waals surface area (Å²) in [5.74, 6) is 0.0181. The molecule has 0 radical (unpaired) electrons. The lowest BCUT2D eigenvalue weighted by atomic mass is 9.92. The molecule has 0 fully saturated rings. The van der Waals surface area contributed by atoms with E-state index in [1.165, 1.54) is 12.1 Å². The molecule has 208 valence electrons. The van der Waals surface area contributed by atoms with Crippen LogP contribution >= 0.6 is 0 Å². The summed E-state index contributed by atoms with van der Waals surface area (Å²) in [6.07, 6.45) is 10.6. The van der Waals surface area contributed by atoms with Crippen molar-refractivity contribution in [2.45, 2.75) is 58.4 Å². The molecule has 0 saturated carbocycles. The van der Waals surface area contributed by atoms with Crippen LogP contribution in [0.1, 0.15) is 79.3 Å². The third-order valence-corrected chi connectivity index (χ3v) is 7.63. The van der Waals surface area contributed by atoms with Gasteiger partial charge in [-0.05, 0) is 73.8 Å². The van der Waals surface area contributed by atoms with Crippen LogP contribution in [0.5, 0.6) is 5.75 Å². The minimum absolute atomic E-state index is 0.111. The number of unbranched alkanes of at least 4 members (excludes halogenated alkanes) is 1. The van der Waals surface area contributed by atoms with E-state index in [0.29, 0.717) is 53.4 Å². The fraction of sp³-hybridized carbons (Fsp3) is 0.375. The summed E-state index contributed by atoms with van der Waals surface area (Å²) < 4.78 is 19.1. The molecule has 1 aromatic heterocycles. The van der Waals surface area contributed by atoms with Crippen LogP contribution in [-0.4, -0.2) is 33.6 Å². The van der Waals surface area contributed by atoms with Gasteiger partial charge in [0, 0.05) is 23.6 Å². The van der Waals surface area contributed by atoms with Gasteiger partial charge >= 0.3 is 5.97 Å². The zero-order valence-electron chi connectivity index (χ0n) is 22.8. The number of benzene rings is 2. The Morgan fingerprint density at radius 3 is 2.77 bits per heavy atom. The van der Waals surface area contributed by atoms with Crippen molar-refractivity contribution in [1.29, 1.82) is 0 Å². The van der Waals surface area contributed by atoms with Gasteiger partial charge in [0.25, 0.3) is 5.91 Å². The quantitative estimate of drug-likeness (QED) is 0.302. The van der Waals surface area contributed by atoms with Crippen LogP contribution in [-0.2, 0) is 11.2 Å². The maximum atomic E-state index is 13.5. The zero-order valence-corrected chi connectivity index (χ0v) is 22.8. The minimum atomic E-state index is -0.810. The van der Waals surface area contributed by atoms with E-state index >= 15 is 0 Å². The van der Waals surface area contributed by atoms with Crippen LogP contribution in [0, 0.1) is 17.7 Å². The molecular weight excluding hydrogens is 509 g/mol. The molecule has 5 rings (SSSR count). The third kappa shape index (κ3) is 6.22. The summed E-state index contributed by atoms with van der Waals surface area (Å²) in [5.41, 5.74) is 5.12. The second-order valence-electron chi connectivity index (χ2n) is 10.8. The molecule has 2 atom stereocenters. The van der Waals surface area contributed by atoms with Gasteiger partial charge in [-0.3, -0.25) is 9.59 Å². The largest absolute Gasteiger partial charge is 0.491 e. The van der Waals surface area contributed by atoms with Crippen molar-refractivity contribution >= 4 is 28.5 Å². The Morgan fingerprint density at radius 2 is 1.98 bits per heavy atom. The monoisotopic (exact) mass is 543 g/mol. The van der Waals surface area contributed by atoms with Crippen molar-refractivity contribution in [3.05, 3.63) is 83.0 Å². The maximum absolute atomic E-state index is 13.5. The molecule has 2 unspecified atom stereocenters. The van der Waals surface area contributed by atoms with Gasteiger partial charge in [0.2, 0.25) is 0 Å². The van der Waals surface area contributed by atoms with Crippen molar-refractivity contribution in [1.82, 2.24) is 15.3 Å². The molecule has 2 N–H and O–H groups in total. The normalized spacial score (nSPS) is 18.2. The molecule has 7 nitrogen and oxygen atoms in total. The van der Waals surface area contributed by atoms with Crippen LogP contribution < -0.4 is 10.1 Å². The number of nitrogens with zero attached hydrogens (tertiary/aromatic N) is 2. The number of ether oxygens (including phenoxy) is 1. The number of carboxylic acid groups (broad SMARTS) is 1. The number of rotatable bonds is 9. The maximum Gasteiger partial charge on any atom is 0.303 e. The molecule has 40 heavy (non-hydrogen) atoms. The number of carbonyl (C=O) groups is 2. The van der Waals surface area contributed by atoms with Crippen LogP contribution in [0.15, 0.2) is 54.6 Å². The first-order valence-electron chi connectivity index (χ1n) is 13.9. The smallest absolute Gasteiger partial charge is 0.303 e. The standard InChI is InChI=1S/C32H34FN3O4/c1-19(2)20-6-5-7-21(11-10-20)31-26(8-3-4-9-30(37)38)34-27-16-22(12-15-25(27)35-31)32(39)36-28-18-40-29-17-23(33)13-14-24(28)29/h7,10-17,19-20,28H,3-6,8-9,18H2,1-2H3,(H,36,39)(H,37,38). The summed E-state index contributed by atoms with van der Waals surface area (Å²) in [7, 11) is 0. The number of allylic oxidation sites excluding steroid dienone is 4. The number of aryl methyl sites for hydroxylation is 1. The Morgan fingerprint density at radius 1 is 1.12 bits per heavy atom. The van der Waals surface area contributed by atoms with E-state index in [2.05, 4.69) is 37.4 Å². The number of hydrogen-bond acceptors (Lipinski definition) is 5. The number of aromatic nitrogens is 2. The Bertz CT molecular complexity index is 1500. The number of amides is 1. The topological polar surface area (TPSA) is 101 Å². The van der Waals surface area contributed by atoms with Gasteiger partial charge in [-0.15, -0.1) is 0 Å². The molecule has 2 heterocycles. The first-order chi connectivity index (χ1) is 19.3. The predicted octanol–water partition coefficient (Wildman–Crippen LogP) is 6.44. The summed E-state index contributed by atoms with van der Waals surface area (Å²) in [6, 6.07) is 9.21. The van der Waals surface area contributed by atoms with E-state index in [1.807, 2.05) is 0 Å². The number of aliphatic carboxylic acids is 1. The molecule has 0 saturated heterocycles. The Labute approximate surface area is 233 Å². The molecule has 2 aromatic carbocycles. The van der Waals surface area contributed by atoms with Crippen molar-refractivity contribution < 1.29 is 23.8 Å². The zero-order chi connectivity index (χ0) is 28.2. The van der Waals surface area contributed by atoms with E-state index in [1.54, 1.807) is 24.3 Å². The fourth-order valence-corrected chi connectivity index (χ4v) is 5.31. The number of hydrogen-bond donors (Lipinski definition) is 2. The van der Waals surface area contributed by atoms with Gasteiger partial charge < -0.3 is 15.2 Å². The number of nitrogens with one attached hydrogen (secondary N) is 1. The molecule has 0 bridgehead atoms. The highest BCUT2D eigenvalue weighted by molar-refractivity contribution is 5.97. The number of fused-ring (bicyclic) bond motifs is 2. The minimum Gasteiger partial charge on any atom is -0.491 e. The Hall–Kier alpha value is -4.07. The van der Waals surface area contributed by atoms with Gasteiger partial charge in [0.05, 0.1) is 28.5 Å². The number of halogens is 1. The van der Waals surface area contributed by atoms with Gasteiger partial charge in [0.1, 0.15) is 18.2 Å². The summed E-state index contributed by atoms with van der Waals surface area (Å²) >= 11 is 0. The number of carbonyl (C=O) groups excluding carboxylic acids is 1. The lowest BCUT2D eigenvalue weighted by molar-refractivity contribution is -0.137. The highest BCUT2D eigenvalue weighted by Crippen LogP contribution is 2.33. The van der Waals surface area contributed by atoms with E-state index in [4.69, 9.17) is 19.8 Å². The van der Waals surface area contributed by atoms with Crippen LogP contribution in [0.3, 0.4) is 0 Å². The molecule has 8 heteroatoms. The second-order valence-corrected chi connectivity index (χ2v) is 10.8. The summed E-state index contributed by atoms with van der Waals surface area (Å²) in [5, 5.41) is 12.0. The van der Waals surface area contributed by atoms with Crippen molar-refractivity contribution in [2.24, 2.45) is 11.8 Å². The molecule has 1 aliphatic carbocycles. The highest BCUT2D eigenvalue weighted by Gasteiger charge is 2.26. The second kappa shape index (κ2) is 12.0. The summed E-state index contributed by atoms with van der Waals surface area (Å²) in [4.78, 5) is 34.1. The van der Waals surface area contributed by atoms with E-state index in [0.717, 1.165) is 35.4 Å². The van der Waals surface area contributed by atoms with E-state index < -0.39 is 5.97 Å². The molecule has 3 aromatic rings. The predicted molar refractivity (Wildman–Crippen MR) is 152 cm³/mol. The van der Waals surface area contributed by atoms with Crippen molar-refractivity contribution in [2.75, 3.05) is 6.61 Å². The molecular formula is C32H34FN3O4. The van der Waals surface area contributed by atoms with Crippen molar-refractivity contribution in [3.8, 4) is 5.75 Å². The van der Waals surface area contributed by atoms with Crippen LogP contribution in [0.25, 0.3) is 16.6 Å². The Kier molecular flexibility index (Phi) is 8.24. The molecule has 1 aliphatic heterocycles. The third-order valence-electron chi connectivity index (χ3n) is 7.63. The molecule has 2 aliphatic rings. The Balaban J connectivity index is 1.42. The van der Waals surface area contributed by atoms with Gasteiger partial charge in [-0.1, -0.05) is 38.1 Å². The first kappa shape index (κ1) is 27.5. The molecule has 0 spiro atoms. The van der Waals surface area contributed by atoms with Gasteiger partial charge in [0.15, 0.2) is 0 Å². The lowest BCUT2D eigenvalue weighted by Gasteiger charge is -2.14. The average Bonchev–Trinajstić information content (AvgIpc) is 3.14. The van der Waals surface area contributed by atoms with Crippen LogP contribution in [0.4, 0.5) is 4.39 Å². The van der Waals surface area contributed by atoms with E-state index in [9.17, 15) is 14.0 Å². The van der Waals surface area contributed by atoms with Gasteiger partial charge in [-0.25, -0.2) is 14.4 Å². The van der Waals surface area contributed by atoms with Gasteiger partial charge in [-0.2, -0.15) is 0 Å². The first-order valence-corrected chi connectivity index (χ1v) is 13.9. The number of carboxylic acids is 1. The van der Waals surface area contributed by atoms with Crippen LogP contribution in [0.2, 0.25) is 0 Å². The fourth-order valence-electron chi connectivity index (χ4n) is 5.31. The average molecular weight is 544 g/mol. The molecule has 1 amide bonds. The van der Waals surface area contributed by atoms with E-state index in [-0.39, 0.29) is 30.8 Å².